The highest BCUT2D eigenvalue weighted by Gasteiger charge is 2.04. The van der Waals surface area contributed by atoms with Crippen LogP contribution in [0.25, 0.3) is 11.2 Å². The average Bonchev–Trinajstić information content (AvgIpc) is 2.70. The minimum Gasteiger partial charge on any atom is -0.312 e. The molecule has 2 rings (SSSR count). The van der Waals surface area contributed by atoms with Crippen molar-refractivity contribution in [2.45, 2.75) is 0 Å². The number of nitrogens with zero attached hydrogens (tertiary/aromatic N) is 2. The SMILES string of the molecule is Cl/C(=C/n1ccnc1)c1ccc(Cl)cc1Cl. The van der Waals surface area contributed by atoms with E-state index in [1.54, 1.807) is 47.7 Å². The van der Waals surface area contributed by atoms with Crippen LogP contribution in [0.3, 0.4) is 0 Å². The number of imidazole rings is 1. The first-order chi connectivity index (χ1) is 7.66. The Morgan fingerprint density at radius 2 is 2.12 bits per heavy atom. The van der Waals surface area contributed by atoms with E-state index >= 15 is 0 Å². The van der Waals surface area contributed by atoms with E-state index in [4.69, 9.17) is 34.8 Å². The van der Waals surface area contributed by atoms with Crippen LogP contribution in [0.4, 0.5) is 0 Å². The van der Waals surface area contributed by atoms with E-state index in [1.807, 2.05) is 0 Å². The molecule has 0 fully saturated rings. The lowest BCUT2D eigenvalue weighted by Crippen LogP contribution is -1.84. The normalized spacial score (nSPS) is 11.8. The standard InChI is InChI=1S/C11H7Cl3N2/c12-8-1-2-9(10(13)5-8)11(14)6-16-4-3-15-7-16/h1-7H/b11-6+. The molecule has 2 nitrogen and oxygen atoms in total. The van der Waals surface area contributed by atoms with Gasteiger partial charge in [-0.2, -0.15) is 0 Å². The van der Waals surface area contributed by atoms with Crippen molar-refractivity contribution in [3.05, 3.63) is 52.5 Å². The maximum atomic E-state index is 6.14. The molecular formula is C11H7Cl3N2. The van der Waals surface area contributed by atoms with E-state index in [2.05, 4.69) is 4.98 Å². The number of benzene rings is 1. The van der Waals surface area contributed by atoms with Crippen LogP contribution < -0.4 is 0 Å². The van der Waals surface area contributed by atoms with Gasteiger partial charge < -0.3 is 4.57 Å². The fraction of sp³-hybridized carbons (Fsp3) is 0. The fourth-order valence-corrected chi connectivity index (χ4v) is 2.07. The molecule has 16 heavy (non-hydrogen) atoms. The molecule has 2 aromatic rings. The van der Waals surface area contributed by atoms with Gasteiger partial charge >= 0.3 is 0 Å². The van der Waals surface area contributed by atoms with Crippen LogP contribution in [-0.4, -0.2) is 9.55 Å². The molecule has 0 saturated heterocycles. The Kier molecular flexibility index (Phi) is 3.54. The van der Waals surface area contributed by atoms with E-state index in [9.17, 15) is 0 Å². The Morgan fingerprint density at radius 1 is 1.31 bits per heavy atom. The molecule has 0 saturated carbocycles. The van der Waals surface area contributed by atoms with Gasteiger partial charge in [-0.15, -0.1) is 0 Å². The van der Waals surface area contributed by atoms with Crippen molar-refractivity contribution < 1.29 is 0 Å². The second-order valence-electron chi connectivity index (χ2n) is 3.11. The smallest absolute Gasteiger partial charge is 0.0987 e. The van der Waals surface area contributed by atoms with Gasteiger partial charge in [0.2, 0.25) is 0 Å². The summed E-state index contributed by atoms with van der Waals surface area (Å²) in [6.07, 6.45) is 6.83. The Labute approximate surface area is 108 Å². The second-order valence-corrected chi connectivity index (χ2v) is 4.36. The Hall–Kier alpha value is -0.960. The van der Waals surface area contributed by atoms with E-state index in [1.165, 1.54) is 0 Å². The van der Waals surface area contributed by atoms with Crippen molar-refractivity contribution in [2.24, 2.45) is 0 Å². The monoisotopic (exact) mass is 272 g/mol. The first kappa shape index (κ1) is 11.5. The highest BCUT2D eigenvalue weighted by molar-refractivity contribution is 6.52. The van der Waals surface area contributed by atoms with Crippen LogP contribution in [-0.2, 0) is 0 Å². The zero-order chi connectivity index (χ0) is 11.5. The Bertz CT molecular complexity index is 518. The molecule has 0 atom stereocenters. The summed E-state index contributed by atoms with van der Waals surface area (Å²) in [5.74, 6) is 0. The Balaban J connectivity index is 2.37. The number of aromatic nitrogens is 2. The maximum Gasteiger partial charge on any atom is 0.0987 e. The predicted octanol–water partition coefficient (Wildman–Crippen LogP) is 4.38. The van der Waals surface area contributed by atoms with Crippen molar-refractivity contribution in [3.63, 3.8) is 0 Å². The number of hydrogen-bond donors (Lipinski definition) is 0. The molecule has 82 valence electrons. The minimum absolute atomic E-state index is 0.522. The highest BCUT2D eigenvalue weighted by atomic mass is 35.5. The third-order valence-electron chi connectivity index (χ3n) is 1.98. The lowest BCUT2D eigenvalue weighted by Gasteiger charge is -2.03. The lowest BCUT2D eigenvalue weighted by atomic mass is 10.2. The summed E-state index contributed by atoms with van der Waals surface area (Å²) in [5, 5.41) is 1.63. The molecule has 0 aliphatic heterocycles. The molecule has 0 bridgehead atoms. The molecule has 1 aromatic carbocycles. The zero-order valence-electron chi connectivity index (χ0n) is 8.07. The first-order valence-corrected chi connectivity index (χ1v) is 5.60. The molecular weight excluding hydrogens is 266 g/mol. The Morgan fingerprint density at radius 3 is 2.75 bits per heavy atom. The zero-order valence-corrected chi connectivity index (χ0v) is 10.3. The second kappa shape index (κ2) is 4.91. The quantitative estimate of drug-likeness (QED) is 0.794. The van der Waals surface area contributed by atoms with E-state index < -0.39 is 0 Å². The van der Waals surface area contributed by atoms with Crippen molar-refractivity contribution in [3.8, 4) is 0 Å². The maximum absolute atomic E-state index is 6.14. The van der Waals surface area contributed by atoms with Gasteiger partial charge in [0.05, 0.1) is 16.4 Å². The van der Waals surface area contributed by atoms with Gasteiger partial charge in [-0.3, -0.25) is 0 Å². The van der Waals surface area contributed by atoms with Crippen LogP contribution in [0.2, 0.25) is 10.0 Å². The van der Waals surface area contributed by atoms with Crippen LogP contribution in [0, 0.1) is 0 Å². The lowest BCUT2D eigenvalue weighted by molar-refractivity contribution is 1.14. The molecule has 0 spiro atoms. The van der Waals surface area contributed by atoms with Crippen LogP contribution in [0.1, 0.15) is 5.56 Å². The molecule has 5 heteroatoms. The van der Waals surface area contributed by atoms with Gasteiger partial charge in [0, 0.05) is 29.2 Å². The molecule has 1 aromatic heterocycles. The molecule has 0 amide bonds. The van der Waals surface area contributed by atoms with Gasteiger partial charge in [-0.25, -0.2) is 4.98 Å². The summed E-state index contributed by atoms with van der Waals surface area (Å²) in [5.41, 5.74) is 0.737. The molecule has 0 N–H and O–H groups in total. The average molecular weight is 274 g/mol. The molecule has 1 heterocycles. The summed E-state index contributed by atoms with van der Waals surface area (Å²) >= 11 is 18.0. The van der Waals surface area contributed by atoms with Gasteiger partial charge in [-0.1, -0.05) is 40.9 Å². The van der Waals surface area contributed by atoms with E-state index in [-0.39, 0.29) is 0 Å². The third-order valence-corrected chi connectivity index (χ3v) is 2.82. The highest BCUT2D eigenvalue weighted by Crippen LogP contribution is 2.29. The van der Waals surface area contributed by atoms with Crippen LogP contribution in [0.15, 0.2) is 36.9 Å². The summed E-state index contributed by atoms with van der Waals surface area (Å²) in [7, 11) is 0. The molecule has 0 unspecified atom stereocenters. The van der Waals surface area contributed by atoms with Crippen molar-refractivity contribution >= 4 is 46.0 Å². The van der Waals surface area contributed by atoms with Gasteiger partial charge in [-0.05, 0) is 12.1 Å². The fourth-order valence-electron chi connectivity index (χ4n) is 1.23. The summed E-state index contributed by atoms with van der Waals surface area (Å²) in [4.78, 5) is 3.91. The van der Waals surface area contributed by atoms with Crippen molar-refractivity contribution in [1.82, 2.24) is 9.55 Å². The summed E-state index contributed by atoms with van der Waals surface area (Å²) in [6.45, 7) is 0. The summed E-state index contributed by atoms with van der Waals surface area (Å²) < 4.78 is 1.74. The number of rotatable bonds is 2. The van der Waals surface area contributed by atoms with E-state index in [0.29, 0.717) is 15.1 Å². The van der Waals surface area contributed by atoms with Crippen LogP contribution >= 0.6 is 34.8 Å². The molecule has 0 radical (unpaired) electrons. The number of halogens is 3. The number of hydrogen-bond acceptors (Lipinski definition) is 1. The van der Waals surface area contributed by atoms with Crippen LogP contribution in [0.5, 0.6) is 0 Å². The van der Waals surface area contributed by atoms with Crippen molar-refractivity contribution in [2.75, 3.05) is 0 Å². The first-order valence-electron chi connectivity index (χ1n) is 4.47. The summed E-state index contributed by atoms with van der Waals surface area (Å²) in [6, 6.07) is 5.18. The van der Waals surface area contributed by atoms with E-state index in [0.717, 1.165) is 5.56 Å². The third kappa shape index (κ3) is 2.59. The molecule has 0 aliphatic carbocycles. The van der Waals surface area contributed by atoms with Gasteiger partial charge in [0.25, 0.3) is 0 Å². The predicted molar refractivity (Wildman–Crippen MR) is 68.7 cm³/mol. The molecule has 0 aliphatic rings. The van der Waals surface area contributed by atoms with Gasteiger partial charge in [0.1, 0.15) is 0 Å². The van der Waals surface area contributed by atoms with Crippen molar-refractivity contribution in [1.29, 1.82) is 0 Å². The van der Waals surface area contributed by atoms with Gasteiger partial charge in [0.15, 0.2) is 0 Å². The largest absolute Gasteiger partial charge is 0.312 e. The minimum atomic E-state index is 0.522. The topological polar surface area (TPSA) is 17.8 Å².